The number of allylic oxidation sites excluding steroid dienone is 2. The fraction of sp³-hybridized carbons (Fsp3) is 0.400. The number of nitrogens with one attached hydrogen (secondary N) is 1. The summed E-state index contributed by atoms with van der Waals surface area (Å²) in [7, 11) is 0. The van der Waals surface area contributed by atoms with Crippen molar-refractivity contribution in [2.45, 2.75) is 19.3 Å². The summed E-state index contributed by atoms with van der Waals surface area (Å²) in [5.74, 6) is 1.02. The van der Waals surface area contributed by atoms with E-state index in [0.29, 0.717) is 18.8 Å². The monoisotopic (exact) mass is 260 g/mol. The molecule has 0 aliphatic heterocycles. The van der Waals surface area contributed by atoms with Crippen LogP contribution in [0.3, 0.4) is 0 Å². The molecular formula is C15H20N2O2. The summed E-state index contributed by atoms with van der Waals surface area (Å²) in [6.45, 7) is 1.00. The fourth-order valence-corrected chi connectivity index (χ4v) is 2.08. The SMILES string of the molecule is Nc1ccc(OCCNC(=O)C2CC=CCC2)cc1. The van der Waals surface area contributed by atoms with Crippen molar-refractivity contribution in [2.75, 3.05) is 18.9 Å². The Hall–Kier alpha value is -1.97. The molecule has 1 amide bonds. The lowest BCUT2D eigenvalue weighted by molar-refractivity contribution is -0.125. The molecule has 0 radical (unpaired) electrons. The van der Waals surface area contributed by atoms with Gasteiger partial charge in [0.1, 0.15) is 12.4 Å². The predicted molar refractivity (Wildman–Crippen MR) is 75.8 cm³/mol. The van der Waals surface area contributed by atoms with E-state index in [1.807, 2.05) is 12.1 Å². The Morgan fingerprint density at radius 2 is 2.11 bits per heavy atom. The lowest BCUT2D eigenvalue weighted by Gasteiger charge is -2.17. The Bertz CT molecular complexity index is 440. The predicted octanol–water partition coefficient (Wildman–Crippen LogP) is 2.12. The van der Waals surface area contributed by atoms with E-state index in [0.717, 1.165) is 25.0 Å². The Morgan fingerprint density at radius 3 is 2.79 bits per heavy atom. The Morgan fingerprint density at radius 1 is 1.32 bits per heavy atom. The number of nitrogen functional groups attached to an aromatic ring is 1. The smallest absolute Gasteiger partial charge is 0.223 e. The average Bonchev–Trinajstić information content (AvgIpc) is 2.46. The van der Waals surface area contributed by atoms with Gasteiger partial charge in [-0.25, -0.2) is 0 Å². The number of benzene rings is 1. The molecule has 2 rings (SSSR count). The van der Waals surface area contributed by atoms with Gasteiger partial charge in [-0.15, -0.1) is 0 Å². The van der Waals surface area contributed by atoms with Gasteiger partial charge in [0.05, 0.1) is 6.54 Å². The third-order valence-electron chi connectivity index (χ3n) is 3.19. The average molecular weight is 260 g/mol. The van der Waals surface area contributed by atoms with Crippen LogP contribution < -0.4 is 15.8 Å². The standard InChI is InChI=1S/C15H20N2O2/c16-13-6-8-14(9-7-13)19-11-10-17-15(18)12-4-2-1-3-5-12/h1-2,6-9,12H,3-5,10-11,16H2,(H,17,18). The van der Waals surface area contributed by atoms with Gasteiger partial charge in [0.2, 0.25) is 5.91 Å². The summed E-state index contributed by atoms with van der Waals surface area (Å²) in [6, 6.07) is 7.23. The van der Waals surface area contributed by atoms with Gasteiger partial charge in [0.25, 0.3) is 0 Å². The number of hydrogen-bond acceptors (Lipinski definition) is 3. The second-order valence-electron chi connectivity index (χ2n) is 4.69. The van der Waals surface area contributed by atoms with Gasteiger partial charge in [-0.05, 0) is 43.5 Å². The molecule has 0 spiro atoms. The molecule has 1 atom stereocenters. The van der Waals surface area contributed by atoms with E-state index in [2.05, 4.69) is 17.5 Å². The quantitative estimate of drug-likeness (QED) is 0.484. The largest absolute Gasteiger partial charge is 0.492 e. The van der Waals surface area contributed by atoms with Crippen LogP contribution in [0.2, 0.25) is 0 Å². The topological polar surface area (TPSA) is 64.3 Å². The lowest BCUT2D eigenvalue weighted by Crippen LogP contribution is -2.34. The van der Waals surface area contributed by atoms with Crippen molar-refractivity contribution in [2.24, 2.45) is 5.92 Å². The first-order valence-electron chi connectivity index (χ1n) is 6.67. The molecule has 0 saturated heterocycles. The van der Waals surface area contributed by atoms with Crippen LogP contribution in [0.4, 0.5) is 5.69 Å². The molecule has 4 heteroatoms. The van der Waals surface area contributed by atoms with Crippen molar-refractivity contribution in [1.82, 2.24) is 5.32 Å². The summed E-state index contributed by atoms with van der Waals surface area (Å²) in [5, 5.41) is 2.91. The van der Waals surface area contributed by atoms with E-state index < -0.39 is 0 Å². The van der Waals surface area contributed by atoms with Crippen LogP contribution in [0.1, 0.15) is 19.3 Å². The zero-order valence-electron chi connectivity index (χ0n) is 11.0. The zero-order chi connectivity index (χ0) is 13.5. The highest BCUT2D eigenvalue weighted by atomic mass is 16.5. The number of carbonyl (C=O) groups is 1. The van der Waals surface area contributed by atoms with Crippen molar-refractivity contribution in [3.63, 3.8) is 0 Å². The molecule has 0 fully saturated rings. The van der Waals surface area contributed by atoms with E-state index in [1.165, 1.54) is 0 Å². The maximum Gasteiger partial charge on any atom is 0.223 e. The first-order valence-corrected chi connectivity index (χ1v) is 6.67. The van der Waals surface area contributed by atoms with Crippen LogP contribution >= 0.6 is 0 Å². The minimum absolute atomic E-state index is 0.126. The van der Waals surface area contributed by atoms with Crippen molar-refractivity contribution in [3.05, 3.63) is 36.4 Å². The van der Waals surface area contributed by atoms with Gasteiger partial charge in [0.15, 0.2) is 0 Å². The van der Waals surface area contributed by atoms with E-state index >= 15 is 0 Å². The highest BCUT2D eigenvalue weighted by molar-refractivity contribution is 5.78. The van der Waals surface area contributed by atoms with Gasteiger partial charge in [-0.2, -0.15) is 0 Å². The van der Waals surface area contributed by atoms with Crippen molar-refractivity contribution in [1.29, 1.82) is 0 Å². The first kappa shape index (κ1) is 13.5. The van der Waals surface area contributed by atoms with E-state index in [9.17, 15) is 4.79 Å². The molecule has 0 heterocycles. The Labute approximate surface area is 113 Å². The zero-order valence-corrected chi connectivity index (χ0v) is 11.0. The molecule has 1 aliphatic carbocycles. The highest BCUT2D eigenvalue weighted by Crippen LogP contribution is 2.17. The first-order chi connectivity index (χ1) is 9.25. The molecule has 4 nitrogen and oxygen atoms in total. The summed E-state index contributed by atoms with van der Waals surface area (Å²) in [5.41, 5.74) is 6.30. The Kier molecular flexibility index (Phi) is 4.84. The molecule has 3 N–H and O–H groups in total. The molecule has 19 heavy (non-hydrogen) atoms. The van der Waals surface area contributed by atoms with Crippen LogP contribution in [0, 0.1) is 5.92 Å². The number of carbonyl (C=O) groups excluding carboxylic acids is 1. The number of hydrogen-bond donors (Lipinski definition) is 2. The molecule has 1 aliphatic rings. The molecule has 1 unspecified atom stereocenters. The number of anilines is 1. The van der Waals surface area contributed by atoms with E-state index in [1.54, 1.807) is 12.1 Å². The Balaban J connectivity index is 1.65. The van der Waals surface area contributed by atoms with Gasteiger partial charge < -0.3 is 15.8 Å². The molecule has 102 valence electrons. The number of amides is 1. The van der Waals surface area contributed by atoms with Gasteiger partial charge in [0, 0.05) is 11.6 Å². The minimum atomic E-state index is 0.126. The highest BCUT2D eigenvalue weighted by Gasteiger charge is 2.17. The van der Waals surface area contributed by atoms with Crippen LogP contribution in [0.5, 0.6) is 5.75 Å². The number of rotatable bonds is 5. The summed E-state index contributed by atoms with van der Waals surface area (Å²) < 4.78 is 5.51. The van der Waals surface area contributed by atoms with Crippen LogP contribution in [0.15, 0.2) is 36.4 Å². The minimum Gasteiger partial charge on any atom is -0.492 e. The second kappa shape index (κ2) is 6.83. The molecule has 0 saturated carbocycles. The number of ether oxygens (including phenoxy) is 1. The van der Waals surface area contributed by atoms with Crippen molar-refractivity contribution >= 4 is 11.6 Å². The maximum atomic E-state index is 11.8. The molecule has 1 aromatic rings. The molecule has 1 aromatic carbocycles. The molecule has 0 aromatic heterocycles. The van der Waals surface area contributed by atoms with Gasteiger partial charge >= 0.3 is 0 Å². The number of nitrogens with two attached hydrogens (primary N) is 1. The molecule has 0 bridgehead atoms. The van der Waals surface area contributed by atoms with Gasteiger partial charge in [-0.3, -0.25) is 4.79 Å². The third-order valence-corrected chi connectivity index (χ3v) is 3.19. The fourth-order valence-electron chi connectivity index (χ4n) is 2.08. The van der Waals surface area contributed by atoms with Crippen LogP contribution in [-0.2, 0) is 4.79 Å². The summed E-state index contributed by atoms with van der Waals surface area (Å²) in [6.07, 6.45) is 7.01. The van der Waals surface area contributed by atoms with Crippen LogP contribution in [-0.4, -0.2) is 19.1 Å². The normalized spacial score (nSPS) is 18.0. The molecular weight excluding hydrogens is 240 g/mol. The van der Waals surface area contributed by atoms with E-state index in [-0.39, 0.29) is 11.8 Å². The third kappa shape index (κ3) is 4.32. The van der Waals surface area contributed by atoms with E-state index in [4.69, 9.17) is 10.5 Å². The van der Waals surface area contributed by atoms with Crippen LogP contribution in [0.25, 0.3) is 0 Å². The van der Waals surface area contributed by atoms with Crippen molar-refractivity contribution in [3.8, 4) is 5.75 Å². The lowest BCUT2D eigenvalue weighted by atomic mass is 9.94. The summed E-state index contributed by atoms with van der Waals surface area (Å²) in [4.78, 5) is 11.8. The second-order valence-corrected chi connectivity index (χ2v) is 4.69. The van der Waals surface area contributed by atoms with Gasteiger partial charge in [-0.1, -0.05) is 12.2 Å². The maximum absolute atomic E-state index is 11.8. The summed E-state index contributed by atoms with van der Waals surface area (Å²) >= 11 is 0. The van der Waals surface area contributed by atoms with Crippen molar-refractivity contribution < 1.29 is 9.53 Å².